The van der Waals surface area contributed by atoms with Crippen molar-refractivity contribution in [3.8, 4) is 11.8 Å². The molecule has 1 fully saturated rings. The maximum Gasteiger partial charge on any atom is 0.255 e. The number of nitrogens with zero attached hydrogens (tertiary/aromatic N) is 2. The Labute approximate surface area is 126 Å². The summed E-state index contributed by atoms with van der Waals surface area (Å²) in [6, 6.07) is 1.75. The van der Waals surface area contributed by atoms with Gasteiger partial charge in [0.2, 0.25) is 0 Å². The second-order valence-electron chi connectivity index (χ2n) is 5.80. The van der Waals surface area contributed by atoms with E-state index in [4.69, 9.17) is 5.73 Å². The van der Waals surface area contributed by atoms with Gasteiger partial charge in [0.05, 0.1) is 17.7 Å². The van der Waals surface area contributed by atoms with Crippen LogP contribution >= 0.6 is 0 Å². The van der Waals surface area contributed by atoms with Gasteiger partial charge in [-0.25, -0.2) is 0 Å². The van der Waals surface area contributed by atoms with Crippen LogP contribution in [0.2, 0.25) is 0 Å². The van der Waals surface area contributed by atoms with Gasteiger partial charge in [-0.05, 0) is 30.7 Å². The van der Waals surface area contributed by atoms with Gasteiger partial charge >= 0.3 is 0 Å². The van der Waals surface area contributed by atoms with Crippen LogP contribution in [-0.4, -0.2) is 35.4 Å². The third-order valence-corrected chi connectivity index (χ3v) is 4.15. The second-order valence-corrected chi connectivity index (χ2v) is 5.80. The Balaban J connectivity index is 2.11. The number of carbonyl (C=O) groups is 1. The summed E-state index contributed by atoms with van der Waals surface area (Å²) >= 11 is 0. The first-order valence-electron chi connectivity index (χ1n) is 7.55. The predicted octanol–water partition coefficient (Wildman–Crippen LogP) is 1.90. The smallest absolute Gasteiger partial charge is 0.255 e. The molecule has 0 radical (unpaired) electrons. The van der Waals surface area contributed by atoms with Gasteiger partial charge in [-0.3, -0.25) is 9.78 Å². The minimum absolute atomic E-state index is 0.0564. The number of hydrogen-bond acceptors (Lipinski definition) is 3. The molecule has 2 rings (SSSR count). The number of pyridine rings is 1. The molecule has 0 aliphatic carbocycles. The minimum Gasteiger partial charge on any atom is -0.339 e. The van der Waals surface area contributed by atoms with Crippen LogP contribution in [0.4, 0.5) is 0 Å². The normalized spacial score (nSPS) is 15.7. The molecule has 1 aromatic rings. The molecule has 0 atom stereocenters. The molecule has 0 bridgehead atoms. The van der Waals surface area contributed by atoms with Crippen molar-refractivity contribution >= 4 is 5.91 Å². The largest absolute Gasteiger partial charge is 0.339 e. The molecule has 0 spiro atoms. The van der Waals surface area contributed by atoms with E-state index in [1.807, 2.05) is 4.90 Å². The van der Waals surface area contributed by atoms with Crippen molar-refractivity contribution in [2.45, 2.75) is 26.7 Å². The van der Waals surface area contributed by atoms with Crippen molar-refractivity contribution in [3.05, 3.63) is 29.6 Å². The molecule has 21 heavy (non-hydrogen) atoms. The summed E-state index contributed by atoms with van der Waals surface area (Å²) in [6.07, 6.45) is 5.44. The van der Waals surface area contributed by atoms with E-state index in [9.17, 15) is 4.79 Å². The Hall–Kier alpha value is -1.86. The Morgan fingerprint density at radius 1 is 1.48 bits per heavy atom. The zero-order valence-electron chi connectivity index (χ0n) is 12.8. The fraction of sp³-hybridized carbons (Fsp3) is 0.529. The number of piperidine rings is 1. The lowest BCUT2D eigenvalue weighted by atomic mass is 9.86. The van der Waals surface area contributed by atoms with Crippen LogP contribution in [-0.2, 0) is 0 Å². The number of hydrogen-bond donors (Lipinski definition) is 1. The van der Waals surface area contributed by atoms with Crippen LogP contribution in [0.15, 0.2) is 18.5 Å². The second kappa shape index (κ2) is 7.24. The molecule has 1 aliphatic heterocycles. The average molecular weight is 285 g/mol. The van der Waals surface area contributed by atoms with Crippen molar-refractivity contribution < 1.29 is 4.79 Å². The first kappa shape index (κ1) is 15.5. The molecule has 1 amide bonds. The van der Waals surface area contributed by atoms with Crippen LogP contribution in [0, 0.1) is 23.7 Å². The number of aromatic nitrogens is 1. The lowest BCUT2D eigenvalue weighted by Gasteiger charge is -2.34. The highest BCUT2D eigenvalue weighted by atomic mass is 16.2. The fourth-order valence-corrected chi connectivity index (χ4v) is 2.77. The highest BCUT2D eigenvalue weighted by Crippen LogP contribution is 2.25. The van der Waals surface area contributed by atoms with E-state index in [1.165, 1.54) is 0 Å². The number of rotatable bonds is 2. The fourth-order valence-electron chi connectivity index (χ4n) is 2.77. The standard InChI is InChI=1S/C17H23N3O/c1-13(2)14-6-10-20(11-7-14)17(21)16-5-9-19-12-15(16)4-3-8-18/h5,9,12-14H,6-8,10-11,18H2,1-2H3. The maximum absolute atomic E-state index is 12.7. The zero-order chi connectivity index (χ0) is 15.2. The zero-order valence-corrected chi connectivity index (χ0v) is 12.8. The Morgan fingerprint density at radius 3 is 2.81 bits per heavy atom. The molecule has 0 aromatic carbocycles. The summed E-state index contributed by atoms with van der Waals surface area (Å²) in [6.45, 7) is 6.45. The summed E-state index contributed by atoms with van der Waals surface area (Å²) in [5.41, 5.74) is 6.70. The van der Waals surface area contributed by atoms with E-state index in [0.29, 0.717) is 17.0 Å². The highest BCUT2D eigenvalue weighted by molar-refractivity contribution is 5.96. The van der Waals surface area contributed by atoms with Crippen LogP contribution in [0.1, 0.15) is 42.6 Å². The molecule has 1 saturated heterocycles. The third kappa shape index (κ3) is 3.83. The first-order valence-corrected chi connectivity index (χ1v) is 7.55. The van der Waals surface area contributed by atoms with Gasteiger partial charge in [0.25, 0.3) is 5.91 Å². The molecule has 4 heteroatoms. The predicted molar refractivity (Wildman–Crippen MR) is 83.6 cm³/mol. The van der Waals surface area contributed by atoms with Gasteiger partial charge in [0, 0.05) is 25.5 Å². The van der Waals surface area contributed by atoms with Gasteiger partial charge in [-0.15, -0.1) is 0 Å². The van der Waals surface area contributed by atoms with E-state index in [1.54, 1.807) is 18.5 Å². The molecule has 2 heterocycles. The first-order chi connectivity index (χ1) is 10.1. The van der Waals surface area contributed by atoms with Gasteiger partial charge < -0.3 is 10.6 Å². The number of amides is 1. The SMILES string of the molecule is CC(C)C1CCN(C(=O)c2ccncc2C#CCN)CC1. The third-order valence-electron chi connectivity index (χ3n) is 4.15. The quantitative estimate of drug-likeness (QED) is 0.844. The van der Waals surface area contributed by atoms with Gasteiger partial charge in [-0.1, -0.05) is 25.7 Å². The van der Waals surface area contributed by atoms with E-state index in [-0.39, 0.29) is 12.5 Å². The number of nitrogens with two attached hydrogens (primary N) is 1. The minimum atomic E-state index is 0.0564. The van der Waals surface area contributed by atoms with Crippen molar-refractivity contribution in [1.82, 2.24) is 9.88 Å². The summed E-state index contributed by atoms with van der Waals surface area (Å²) in [7, 11) is 0. The summed E-state index contributed by atoms with van der Waals surface area (Å²) in [5.74, 6) is 7.20. The summed E-state index contributed by atoms with van der Waals surface area (Å²) in [5, 5.41) is 0. The van der Waals surface area contributed by atoms with Gasteiger partial charge in [0.1, 0.15) is 0 Å². The molecule has 0 saturated carbocycles. The van der Waals surface area contributed by atoms with Crippen LogP contribution in [0.5, 0.6) is 0 Å². The molecule has 1 aromatic heterocycles. The summed E-state index contributed by atoms with van der Waals surface area (Å²) < 4.78 is 0. The van der Waals surface area contributed by atoms with Crippen molar-refractivity contribution in [3.63, 3.8) is 0 Å². The van der Waals surface area contributed by atoms with E-state index in [0.717, 1.165) is 31.8 Å². The van der Waals surface area contributed by atoms with Crippen molar-refractivity contribution in [1.29, 1.82) is 0 Å². The number of likely N-dealkylation sites (tertiary alicyclic amines) is 1. The van der Waals surface area contributed by atoms with Crippen molar-refractivity contribution in [2.24, 2.45) is 17.6 Å². The molecule has 2 N–H and O–H groups in total. The molecule has 1 aliphatic rings. The lowest BCUT2D eigenvalue weighted by molar-refractivity contribution is 0.0667. The van der Waals surface area contributed by atoms with Crippen LogP contribution in [0.3, 0.4) is 0 Å². The van der Waals surface area contributed by atoms with Gasteiger partial charge in [-0.2, -0.15) is 0 Å². The van der Waals surface area contributed by atoms with Gasteiger partial charge in [0.15, 0.2) is 0 Å². The van der Waals surface area contributed by atoms with E-state index >= 15 is 0 Å². The molecule has 4 nitrogen and oxygen atoms in total. The highest BCUT2D eigenvalue weighted by Gasteiger charge is 2.26. The molecular weight excluding hydrogens is 262 g/mol. The molecule has 0 unspecified atom stereocenters. The monoisotopic (exact) mass is 285 g/mol. The summed E-state index contributed by atoms with van der Waals surface area (Å²) in [4.78, 5) is 18.6. The maximum atomic E-state index is 12.7. The van der Waals surface area contributed by atoms with Crippen molar-refractivity contribution in [2.75, 3.05) is 19.6 Å². The Morgan fingerprint density at radius 2 is 2.19 bits per heavy atom. The Kier molecular flexibility index (Phi) is 5.35. The Bertz CT molecular complexity index is 549. The van der Waals surface area contributed by atoms with Crippen LogP contribution in [0.25, 0.3) is 0 Å². The average Bonchev–Trinajstić information content (AvgIpc) is 2.52. The van der Waals surface area contributed by atoms with Crippen LogP contribution < -0.4 is 5.73 Å². The lowest BCUT2D eigenvalue weighted by Crippen LogP contribution is -2.39. The topological polar surface area (TPSA) is 59.2 Å². The number of carbonyl (C=O) groups excluding carboxylic acids is 1. The van der Waals surface area contributed by atoms with E-state index in [2.05, 4.69) is 30.7 Å². The molecule has 112 valence electrons. The molecular formula is C17H23N3O. The van der Waals surface area contributed by atoms with E-state index < -0.39 is 0 Å².